The van der Waals surface area contributed by atoms with E-state index in [4.69, 9.17) is 0 Å². The third kappa shape index (κ3) is 4.35. The van der Waals surface area contributed by atoms with Crippen LogP contribution >= 0.6 is 27.3 Å². The predicted octanol–water partition coefficient (Wildman–Crippen LogP) is 5.16. The van der Waals surface area contributed by atoms with Gasteiger partial charge in [0.05, 0.1) is 11.3 Å². The van der Waals surface area contributed by atoms with Gasteiger partial charge < -0.3 is 5.32 Å². The Morgan fingerprint density at radius 1 is 1.12 bits per heavy atom. The van der Waals surface area contributed by atoms with E-state index < -0.39 is 0 Å². The smallest absolute Gasteiger partial charge is 0.252 e. The summed E-state index contributed by atoms with van der Waals surface area (Å²) in [6, 6.07) is 15.9. The number of halogens is 1. The van der Waals surface area contributed by atoms with Gasteiger partial charge in [-0.2, -0.15) is 0 Å². The molecule has 3 nitrogen and oxygen atoms in total. The van der Waals surface area contributed by atoms with Gasteiger partial charge in [-0.3, -0.25) is 4.79 Å². The Kier molecular flexibility index (Phi) is 5.66. The summed E-state index contributed by atoms with van der Waals surface area (Å²) in [4.78, 5) is 18.1. The fourth-order valence-electron chi connectivity index (χ4n) is 2.51. The number of rotatable bonds is 5. The highest BCUT2D eigenvalue weighted by molar-refractivity contribution is 9.10. The minimum absolute atomic E-state index is 0.0617. The molecule has 0 aliphatic carbocycles. The molecule has 0 aliphatic rings. The number of carbonyl (C=O) groups is 1. The van der Waals surface area contributed by atoms with Crippen molar-refractivity contribution in [1.29, 1.82) is 0 Å². The van der Waals surface area contributed by atoms with Crippen LogP contribution in [0.25, 0.3) is 10.6 Å². The fourth-order valence-corrected chi connectivity index (χ4v) is 4.04. The molecule has 0 radical (unpaired) electrons. The highest BCUT2D eigenvalue weighted by Crippen LogP contribution is 2.28. The molecular weight excluding hydrogens is 396 g/mol. The monoisotopic (exact) mass is 414 g/mol. The van der Waals surface area contributed by atoms with Crippen molar-refractivity contribution in [3.05, 3.63) is 74.7 Å². The summed E-state index contributed by atoms with van der Waals surface area (Å²) in [5.41, 5.74) is 4.08. The minimum Gasteiger partial charge on any atom is -0.352 e. The average molecular weight is 415 g/mol. The van der Waals surface area contributed by atoms with Crippen molar-refractivity contribution in [2.75, 3.05) is 6.54 Å². The van der Waals surface area contributed by atoms with Crippen molar-refractivity contribution >= 4 is 33.2 Å². The maximum absolute atomic E-state index is 12.2. The molecule has 0 saturated carbocycles. The van der Waals surface area contributed by atoms with Gasteiger partial charge in [-0.05, 0) is 41.9 Å². The molecule has 0 fully saturated rings. The summed E-state index contributed by atoms with van der Waals surface area (Å²) in [5, 5.41) is 4.01. The largest absolute Gasteiger partial charge is 0.352 e. The molecule has 0 saturated heterocycles. The van der Waals surface area contributed by atoms with Crippen molar-refractivity contribution in [1.82, 2.24) is 10.3 Å². The highest BCUT2D eigenvalue weighted by atomic mass is 79.9. The molecule has 1 aromatic heterocycles. The van der Waals surface area contributed by atoms with Gasteiger partial charge in [0.15, 0.2) is 0 Å². The summed E-state index contributed by atoms with van der Waals surface area (Å²) < 4.78 is 0.808. The molecule has 1 heterocycles. The minimum atomic E-state index is -0.0617. The predicted molar refractivity (Wildman–Crippen MR) is 107 cm³/mol. The third-order valence-electron chi connectivity index (χ3n) is 3.95. The van der Waals surface area contributed by atoms with E-state index in [1.165, 1.54) is 10.4 Å². The fraction of sp³-hybridized carbons (Fsp3) is 0.200. The molecular formula is C20H19BrN2OS. The van der Waals surface area contributed by atoms with Crippen LogP contribution in [-0.2, 0) is 6.42 Å². The number of nitrogens with zero attached hydrogens (tertiary/aromatic N) is 1. The van der Waals surface area contributed by atoms with Crippen LogP contribution in [0.5, 0.6) is 0 Å². The molecule has 0 bridgehead atoms. The zero-order chi connectivity index (χ0) is 17.8. The Morgan fingerprint density at radius 3 is 2.56 bits per heavy atom. The number of aryl methyl sites for hydroxylation is 2. The van der Waals surface area contributed by atoms with Gasteiger partial charge in [0, 0.05) is 27.9 Å². The van der Waals surface area contributed by atoms with Crippen molar-refractivity contribution in [2.24, 2.45) is 0 Å². The van der Waals surface area contributed by atoms with Crippen molar-refractivity contribution in [2.45, 2.75) is 20.3 Å². The number of amides is 1. The zero-order valence-corrected chi connectivity index (χ0v) is 16.6. The Bertz CT molecular complexity index is 887. The van der Waals surface area contributed by atoms with E-state index in [1.807, 2.05) is 31.2 Å². The van der Waals surface area contributed by atoms with Gasteiger partial charge in [0.1, 0.15) is 5.01 Å². The van der Waals surface area contributed by atoms with Crippen LogP contribution < -0.4 is 5.32 Å². The number of hydrogen-bond donors (Lipinski definition) is 1. The first-order valence-corrected chi connectivity index (χ1v) is 9.71. The average Bonchev–Trinajstić information content (AvgIpc) is 2.97. The zero-order valence-electron chi connectivity index (χ0n) is 14.2. The molecule has 25 heavy (non-hydrogen) atoms. The van der Waals surface area contributed by atoms with E-state index in [9.17, 15) is 4.79 Å². The van der Waals surface area contributed by atoms with Gasteiger partial charge in [0.25, 0.3) is 5.91 Å². The standard InChI is InChI=1S/C20H19BrN2OS/c1-13-7-9-15(10-8-13)20-23-14(2)18(25-20)11-12-22-19(24)16-5-3-4-6-17(16)21/h3-10H,11-12H2,1-2H3,(H,22,24). The maximum Gasteiger partial charge on any atom is 0.252 e. The molecule has 2 aromatic carbocycles. The summed E-state index contributed by atoms with van der Waals surface area (Å²) in [5.74, 6) is -0.0617. The second-order valence-corrected chi connectivity index (χ2v) is 7.82. The van der Waals surface area contributed by atoms with E-state index in [-0.39, 0.29) is 5.91 Å². The molecule has 0 unspecified atom stereocenters. The first kappa shape index (κ1) is 17.8. The normalized spacial score (nSPS) is 10.7. The number of carbonyl (C=O) groups excluding carboxylic acids is 1. The van der Waals surface area contributed by atoms with Gasteiger partial charge >= 0.3 is 0 Å². The Hall–Kier alpha value is -1.98. The van der Waals surface area contributed by atoms with Crippen molar-refractivity contribution < 1.29 is 4.79 Å². The van der Waals surface area contributed by atoms with E-state index >= 15 is 0 Å². The van der Waals surface area contributed by atoms with Gasteiger partial charge in [0.2, 0.25) is 0 Å². The molecule has 5 heteroatoms. The third-order valence-corrected chi connectivity index (χ3v) is 5.91. The van der Waals surface area contributed by atoms with Crippen LogP contribution in [0, 0.1) is 13.8 Å². The lowest BCUT2D eigenvalue weighted by Gasteiger charge is -2.06. The number of benzene rings is 2. The van der Waals surface area contributed by atoms with Crippen LogP contribution in [0.4, 0.5) is 0 Å². The quantitative estimate of drug-likeness (QED) is 0.625. The number of aromatic nitrogens is 1. The molecule has 3 aromatic rings. The molecule has 0 aliphatic heterocycles. The van der Waals surface area contributed by atoms with Crippen molar-refractivity contribution in [3.8, 4) is 10.6 Å². The second kappa shape index (κ2) is 7.93. The van der Waals surface area contributed by atoms with Gasteiger partial charge in [-0.25, -0.2) is 4.98 Å². The van der Waals surface area contributed by atoms with Crippen LogP contribution in [-0.4, -0.2) is 17.4 Å². The lowest BCUT2D eigenvalue weighted by Crippen LogP contribution is -2.25. The van der Waals surface area contributed by atoms with E-state index in [2.05, 4.69) is 57.4 Å². The lowest BCUT2D eigenvalue weighted by molar-refractivity contribution is 0.0953. The molecule has 1 N–H and O–H groups in total. The maximum atomic E-state index is 12.2. The van der Waals surface area contributed by atoms with E-state index in [1.54, 1.807) is 11.3 Å². The Labute approximate surface area is 160 Å². The van der Waals surface area contributed by atoms with Crippen molar-refractivity contribution in [3.63, 3.8) is 0 Å². The topological polar surface area (TPSA) is 42.0 Å². The number of thiazole rings is 1. The van der Waals surface area contributed by atoms with E-state index in [0.29, 0.717) is 12.1 Å². The number of nitrogens with one attached hydrogen (secondary N) is 1. The van der Waals surface area contributed by atoms with Crippen LogP contribution in [0.15, 0.2) is 53.0 Å². The highest BCUT2D eigenvalue weighted by Gasteiger charge is 2.11. The summed E-state index contributed by atoms with van der Waals surface area (Å²) in [7, 11) is 0. The molecule has 0 atom stereocenters. The van der Waals surface area contributed by atoms with Crippen LogP contribution in [0.1, 0.15) is 26.5 Å². The summed E-state index contributed by atoms with van der Waals surface area (Å²) in [6.45, 7) is 4.70. The van der Waals surface area contributed by atoms with Crippen LogP contribution in [0.2, 0.25) is 0 Å². The SMILES string of the molecule is Cc1ccc(-c2nc(C)c(CCNC(=O)c3ccccc3Br)s2)cc1. The lowest BCUT2D eigenvalue weighted by atomic mass is 10.2. The summed E-state index contributed by atoms with van der Waals surface area (Å²) >= 11 is 5.11. The van der Waals surface area contributed by atoms with Crippen LogP contribution in [0.3, 0.4) is 0 Å². The first-order valence-electron chi connectivity index (χ1n) is 8.10. The number of hydrogen-bond acceptors (Lipinski definition) is 3. The van der Waals surface area contributed by atoms with E-state index in [0.717, 1.165) is 27.2 Å². The molecule has 1 amide bonds. The van der Waals surface area contributed by atoms with Gasteiger partial charge in [-0.15, -0.1) is 11.3 Å². The second-order valence-electron chi connectivity index (χ2n) is 5.88. The molecule has 0 spiro atoms. The Balaban J connectivity index is 1.63. The Morgan fingerprint density at radius 2 is 1.84 bits per heavy atom. The molecule has 128 valence electrons. The van der Waals surface area contributed by atoms with Gasteiger partial charge in [-0.1, -0.05) is 42.0 Å². The summed E-state index contributed by atoms with van der Waals surface area (Å²) in [6.07, 6.45) is 0.783. The first-order chi connectivity index (χ1) is 12.0. The molecule has 3 rings (SSSR count).